The van der Waals surface area contributed by atoms with E-state index in [1.807, 2.05) is 30.3 Å². The number of aryl methyl sites for hydroxylation is 1. The topological polar surface area (TPSA) is 102 Å². The summed E-state index contributed by atoms with van der Waals surface area (Å²) < 4.78 is 14.1. The van der Waals surface area contributed by atoms with Crippen LogP contribution in [0.4, 0.5) is 0 Å². The number of imidazole rings is 1. The molecular formula is C28H28N6O3. The van der Waals surface area contributed by atoms with Crippen molar-refractivity contribution in [2.45, 2.75) is 19.3 Å². The third-order valence-corrected chi connectivity index (χ3v) is 6.65. The van der Waals surface area contributed by atoms with Gasteiger partial charge in [-0.2, -0.15) is 10.2 Å². The number of fused-ring (bicyclic) bond motifs is 2. The summed E-state index contributed by atoms with van der Waals surface area (Å²) in [7, 11) is 5.41. The van der Waals surface area contributed by atoms with Crippen molar-refractivity contribution in [1.29, 1.82) is 5.26 Å². The van der Waals surface area contributed by atoms with E-state index in [1.54, 1.807) is 43.1 Å². The van der Waals surface area contributed by atoms with E-state index in [1.165, 1.54) is 36.9 Å². The lowest BCUT2D eigenvalue weighted by atomic mass is 9.99. The van der Waals surface area contributed by atoms with E-state index >= 15 is 0 Å². The van der Waals surface area contributed by atoms with Crippen LogP contribution in [0.5, 0.6) is 6.01 Å². The van der Waals surface area contributed by atoms with Crippen LogP contribution in [0.15, 0.2) is 64.1 Å². The van der Waals surface area contributed by atoms with E-state index < -0.39 is 5.76 Å². The highest BCUT2D eigenvalue weighted by Gasteiger charge is 2.20. The fourth-order valence-corrected chi connectivity index (χ4v) is 4.62. The van der Waals surface area contributed by atoms with Crippen molar-refractivity contribution in [3.63, 3.8) is 0 Å². The van der Waals surface area contributed by atoms with Gasteiger partial charge in [-0.15, -0.1) is 0 Å². The highest BCUT2D eigenvalue weighted by atomic mass is 16.5. The Morgan fingerprint density at radius 2 is 1.76 bits per heavy atom. The Balaban J connectivity index is 0.000000348. The van der Waals surface area contributed by atoms with Crippen molar-refractivity contribution >= 4 is 16.7 Å². The van der Waals surface area contributed by atoms with Gasteiger partial charge in [0.15, 0.2) is 11.2 Å². The molecule has 9 nitrogen and oxygen atoms in total. The lowest BCUT2D eigenvalue weighted by molar-refractivity contribution is 0.277. The number of ether oxygens (including phenoxy) is 1. The van der Waals surface area contributed by atoms with Crippen LogP contribution in [-0.2, 0) is 7.05 Å². The van der Waals surface area contributed by atoms with Crippen LogP contribution in [0, 0.1) is 11.3 Å². The molecule has 3 aromatic heterocycles. The second kappa shape index (κ2) is 10.3. The molecule has 0 aliphatic carbocycles. The summed E-state index contributed by atoms with van der Waals surface area (Å²) in [6.45, 7) is 2.64. The highest BCUT2D eigenvalue weighted by Crippen LogP contribution is 2.37. The van der Waals surface area contributed by atoms with E-state index in [0.29, 0.717) is 34.0 Å². The Kier molecular flexibility index (Phi) is 6.75. The maximum absolute atomic E-state index is 11.9. The molecular weight excluding hydrogens is 468 g/mol. The van der Waals surface area contributed by atoms with Gasteiger partial charge in [-0.3, -0.25) is 8.97 Å². The maximum Gasteiger partial charge on any atom is 0.419 e. The van der Waals surface area contributed by atoms with Gasteiger partial charge in [0.2, 0.25) is 0 Å². The molecule has 0 spiro atoms. The molecule has 1 saturated heterocycles. The van der Waals surface area contributed by atoms with Gasteiger partial charge in [0.25, 0.3) is 0 Å². The first-order chi connectivity index (χ1) is 18.0. The molecule has 9 heteroatoms. The highest BCUT2D eigenvalue weighted by molar-refractivity contribution is 5.93. The van der Waals surface area contributed by atoms with Crippen molar-refractivity contribution in [1.82, 2.24) is 23.8 Å². The molecule has 1 aliphatic heterocycles. The molecule has 4 heterocycles. The molecule has 5 aromatic rings. The number of rotatable bonds is 3. The van der Waals surface area contributed by atoms with Crippen LogP contribution >= 0.6 is 0 Å². The van der Waals surface area contributed by atoms with Crippen molar-refractivity contribution in [2.75, 3.05) is 27.2 Å². The number of methoxy groups -OCH3 is 1. The van der Waals surface area contributed by atoms with Gasteiger partial charge in [0.05, 0.1) is 35.5 Å². The zero-order valence-electron chi connectivity index (χ0n) is 21.1. The Morgan fingerprint density at radius 3 is 2.41 bits per heavy atom. The first-order valence-corrected chi connectivity index (χ1v) is 12.2. The number of nitriles is 1. The van der Waals surface area contributed by atoms with Crippen molar-refractivity contribution in [2.24, 2.45) is 7.05 Å². The fraction of sp³-hybridized carbons (Fsp3) is 0.286. The monoisotopic (exact) mass is 496 g/mol. The molecule has 0 N–H and O–H groups in total. The van der Waals surface area contributed by atoms with E-state index in [4.69, 9.17) is 19.4 Å². The summed E-state index contributed by atoms with van der Waals surface area (Å²) in [5.74, 6) is -0.423. The Labute approximate surface area is 214 Å². The van der Waals surface area contributed by atoms with Gasteiger partial charge in [0.1, 0.15) is 0 Å². The summed E-state index contributed by atoms with van der Waals surface area (Å²) in [5, 5.41) is 9.12. The molecule has 0 unspecified atom stereocenters. The summed E-state index contributed by atoms with van der Waals surface area (Å²) >= 11 is 0. The van der Waals surface area contributed by atoms with Gasteiger partial charge in [-0.1, -0.05) is 24.6 Å². The summed E-state index contributed by atoms with van der Waals surface area (Å²) in [6.07, 6.45) is 7.72. The zero-order chi connectivity index (χ0) is 25.9. The summed E-state index contributed by atoms with van der Waals surface area (Å²) in [6, 6.07) is 15.2. The van der Waals surface area contributed by atoms with Gasteiger partial charge >= 0.3 is 11.8 Å². The minimum Gasteiger partial charge on any atom is -0.468 e. The lowest BCUT2D eigenvalue weighted by Crippen LogP contribution is -2.24. The minimum atomic E-state index is -0.423. The van der Waals surface area contributed by atoms with Crippen LogP contribution in [0.3, 0.4) is 0 Å². The lowest BCUT2D eigenvalue weighted by Gasteiger charge is -2.20. The molecule has 6 rings (SSSR count). The van der Waals surface area contributed by atoms with Crippen LogP contribution in [-0.4, -0.2) is 51.1 Å². The van der Waals surface area contributed by atoms with Crippen LogP contribution < -0.4 is 10.5 Å². The van der Waals surface area contributed by atoms with Gasteiger partial charge < -0.3 is 14.1 Å². The predicted octanol–water partition coefficient (Wildman–Crippen LogP) is 4.49. The quantitative estimate of drug-likeness (QED) is 0.363. The van der Waals surface area contributed by atoms with Crippen molar-refractivity contribution in [3.8, 4) is 34.5 Å². The third-order valence-electron chi connectivity index (χ3n) is 6.65. The van der Waals surface area contributed by atoms with E-state index in [0.717, 1.165) is 16.7 Å². The summed E-state index contributed by atoms with van der Waals surface area (Å²) in [5.41, 5.74) is 5.40. The normalized spacial score (nSPS) is 13.8. The number of piperidine rings is 1. The second-order valence-electron chi connectivity index (χ2n) is 9.11. The molecule has 0 atom stereocenters. The molecule has 2 aromatic carbocycles. The first-order valence-electron chi connectivity index (χ1n) is 12.2. The van der Waals surface area contributed by atoms with Gasteiger partial charge in [0, 0.05) is 25.0 Å². The molecule has 0 saturated carbocycles. The molecule has 0 radical (unpaired) electrons. The number of oxazole rings is 1. The molecule has 1 fully saturated rings. The number of nitrogens with zero attached hydrogens (tertiary/aromatic N) is 6. The number of benzene rings is 2. The van der Waals surface area contributed by atoms with Gasteiger partial charge in [-0.25, -0.2) is 9.78 Å². The van der Waals surface area contributed by atoms with E-state index in [9.17, 15) is 4.79 Å². The molecule has 0 bridgehead atoms. The molecule has 0 amide bonds. The predicted molar refractivity (Wildman–Crippen MR) is 141 cm³/mol. The number of hydrogen-bond acceptors (Lipinski definition) is 7. The molecule has 188 valence electrons. The average Bonchev–Trinajstić information content (AvgIpc) is 3.53. The summed E-state index contributed by atoms with van der Waals surface area (Å²) in [4.78, 5) is 23.5. The van der Waals surface area contributed by atoms with E-state index in [2.05, 4.69) is 23.0 Å². The molecule has 1 aliphatic rings. The standard InChI is InChI=1S/C22H15N5O3.C6H13N/c1-26-16-8-7-15(11-17(16)30-22(26)28)18-19(14-5-3-13(12-23)4-6-14)25-21(29-2)27-10-9-24-20(18)27;1-7-5-3-2-4-6-7/h3-11H,1-2H3;2-6H2,1H3. The number of hydrogen-bond donors (Lipinski definition) is 0. The molecule has 37 heavy (non-hydrogen) atoms. The van der Waals surface area contributed by atoms with Crippen LogP contribution in [0.25, 0.3) is 39.1 Å². The van der Waals surface area contributed by atoms with Crippen LogP contribution in [0.1, 0.15) is 24.8 Å². The zero-order valence-corrected chi connectivity index (χ0v) is 21.1. The van der Waals surface area contributed by atoms with Crippen molar-refractivity contribution < 1.29 is 9.15 Å². The average molecular weight is 497 g/mol. The van der Waals surface area contributed by atoms with Gasteiger partial charge in [-0.05, 0) is 62.8 Å². The minimum absolute atomic E-state index is 0.387. The van der Waals surface area contributed by atoms with Crippen LogP contribution in [0.2, 0.25) is 0 Å². The SMILES string of the molecule is CN1CCCCC1.COc1nc(-c2ccc(C#N)cc2)c(-c2ccc3c(c2)oc(=O)n3C)c2nccn12. The van der Waals surface area contributed by atoms with E-state index in [-0.39, 0.29) is 0 Å². The third kappa shape index (κ3) is 4.71. The van der Waals surface area contributed by atoms with Crippen molar-refractivity contribution in [3.05, 3.63) is 71.0 Å². The second-order valence-corrected chi connectivity index (χ2v) is 9.11. The smallest absolute Gasteiger partial charge is 0.419 e. The largest absolute Gasteiger partial charge is 0.468 e. The maximum atomic E-state index is 11.9. The number of aromatic nitrogens is 4. The first kappa shape index (κ1) is 24.3. The Hall–Kier alpha value is -4.42. The number of likely N-dealkylation sites (tertiary alicyclic amines) is 1. The Bertz CT molecular complexity index is 1650. The fourth-order valence-electron chi connectivity index (χ4n) is 4.62. The Morgan fingerprint density at radius 1 is 1.03 bits per heavy atom.